The Morgan fingerprint density at radius 3 is 2.93 bits per heavy atom. The number of aryl methyl sites for hydroxylation is 1. The van der Waals surface area contributed by atoms with Crippen LogP contribution in [-0.2, 0) is 11.2 Å². The molecule has 3 aromatic rings. The number of carbonyl (C=O) groups is 1. The summed E-state index contributed by atoms with van der Waals surface area (Å²) in [5.74, 6) is 0.119. The Kier molecular flexibility index (Phi) is 3.99. The van der Waals surface area contributed by atoms with E-state index in [1.54, 1.807) is 6.21 Å². The van der Waals surface area contributed by atoms with E-state index in [0.717, 1.165) is 29.3 Å². The lowest BCUT2D eigenvalue weighted by molar-refractivity contribution is -0.123. The van der Waals surface area contributed by atoms with Crippen LogP contribution in [0.2, 0.25) is 0 Å². The minimum Gasteiger partial charge on any atom is -0.361 e. The molecule has 0 spiro atoms. The third kappa shape index (κ3) is 2.83. The number of hydrogen-bond donors (Lipinski definition) is 4. The van der Waals surface area contributed by atoms with Crippen LogP contribution in [-0.4, -0.2) is 23.1 Å². The highest BCUT2D eigenvalue weighted by molar-refractivity contribution is 5.99. The molecule has 1 aromatic heterocycles. The molecule has 3 unspecified atom stereocenters. The van der Waals surface area contributed by atoms with Gasteiger partial charge in [0.15, 0.2) is 0 Å². The van der Waals surface area contributed by atoms with Crippen molar-refractivity contribution < 1.29 is 4.79 Å². The quantitative estimate of drug-likeness (QED) is 0.428. The summed E-state index contributed by atoms with van der Waals surface area (Å²) in [7, 11) is 0. The number of aromatic amines is 1. The molecule has 1 aliphatic carbocycles. The maximum atomic E-state index is 12.7. The lowest BCUT2D eigenvalue weighted by Crippen LogP contribution is -2.44. The van der Waals surface area contributed by atoms with E-state index >= 15 is 0 Å². The number of para-hydroxylation sites is 1. The minimum atomic E-state index is -0.288. The first-order valence-corrected chi connectivity index (χ1v) is 9.29. The average molecular weight is 359 g/mol. The van der Waals surface area contributed by atoms with Crippen LogP contribution in [0.5, 0.6) is 0 Å². The fourth-order valence-corrected chi connectivity index (χ4v) is 4.31. The Morgan fingerprint density at radius 1 is 1.11 bits per heavy atom. The third-order valence-electron chi connectivity index (χ3n) is 5.67. The molecular weight excluding hydrogens is 338 g/mol. The molecule has 0 radical (unpaired) electrons. The first-order valence-electron chi connectivity index (χ1n) is 9.29. The van der Waals surface area contributed by atoms with Crippen molar-refractivity contribution in [2.75, 3.05) is 0 Å². The third-order valence-corrected chi connectivity index (χ3v) is 5.67. The van der Waals surface area contributed by atoms with Gasteiger partial charge in [0.2, 0.25) is 0 Å². The second-order valence-corrected chi connectivity index (χ2v) is 7.17. The van der Waals surface area contributed by atoms with Crippen LogP contribution in [0.25, 0.3) is 10.9 Å². The van der Waals surface area contributed by atoms with E-state index in [0.29, 0.717) is 0 Å². The summed E-state index contributed by atoms with van der Waals surface area (Å²) < 4.78 is 0. The summed E-state index contributed by atoms with van der Waals surface area (Å²) in [6.45, 7) is 0. The molecule has 136 valence electrons. The van der Waals surface area contributed by atoms with Crippen molar-refractivity contribution >= 4 is 23.0 Å². The number of amides is 1. The summed E-state index contributed by atoms with van der Waals surface area (Å²) in [5, 5.41) is 5.26. The van der Waals surface area contributed by atoms with Crippen molar-refractivity contribution in [3.63, 3.8) is 0 Å². The maximum absolute atomic E-state index is 12.7. The van der Waals surface area contributed by atoms with Gasteiger partial charge in [0.1, 0.15) is 6.04 Å². The van der Waals surface area contributed by atoms with Gasteiger partial charge in [-0.2, -0.15) is 5.10 Å². The largest absolute Gasteiger partial charge is 0.361 e. The number of H-pyrrole nitrogens is 1. The van der Waals surface area contributed by atoms with Gasteiger partial charge in [0.25, 0.3) is 5.91 Å². The van der Waals surface area contributed by atoms with Gasteiger partial charge in [-0.1, -0.05) is 42.5 Å². The van der Waals surface area contributed by atoms with Gasteiger partial charge in [-0.15, -0.1) is 0 Å². The Bertz CT molecular complexity index is 1020. The normalized spacial score (nSPS) is 24.1. The molecule has 1 saturated heterocycles. The zero-order chi connectivity index (χ0) is 18.2. The van der Waals surface area contributed by atoms with Gasteiger partial charge < -0.3 is 4.98 Å². The number of fused-ring (bicyclic) bond motifs is 4. The van der Waals surface area contributed by atoms with Crippen molar-refractivity contribution in [1.82, 2.24) is 21.3 Å². The number of rotatable bonds is 3. The standard InChI is InChI=1S/C21H21N5O/c27-21(26-23-12-14-11-22-18-8-4-3-6-15(14)18)20-17-10-9-13-5-1-2-7-16(13)19(17)24-25-20/h1-8,11-12,17,19-20,22,24-25H,9-10H2,(H,26,27)/b23-12+. The topological polar surface area (TPSA) is 81.3 Å². The van der Waals surface area contributed by atoms with Crippen LogP contribution in [0.3, 0.4) is 0 Å². The highest BCUT2D eigenvalue weighted by Crippen LogP contribution is 2.38. The Hall–Kier alpha value is -2.96. The summed E-state index contributed by atoms with van der Waals surface area (Å²) in [4.78, 5) is 15.9. The predicted molar refractivity (Wildman–Crippen MR) is 105 cm³/mol. The van der Waals surface area contributed by atoms with E-state index in [4.69, 9.17) is 0 Å². The van der Waals surface area contributed by atoms with Gasteiger partial charge in [-0.25, -0.2) is 16.3 Å². The van der Waals surface area contributed by atoms with Crippen LogP contribution in [0.1, 0.15) is 29.2 Å². The number of benzene rings is 2. The van der Waals surface area contributed by atoms with Crippen LogP contribution >= 0.6 is 0 Å². The van der Waals surface area contributed by atoms with E-state index in [9.17, 15) is 4.79 Å². The van der Waals surface area contributed by atoms with Crippen molar-refractivity contribution in [3.8, 4) is 0 Å². The first kappa shape index (κ1) is 16.2. The molecule has 1 fully saturated rings. The number of hydrazine groups is 1. The Balaban J connectivity index is 1.28. The highest BCUT2D eigenvalue weighted by atomic mass is 16.2. The zero-order valence-corrected chi connectivity index (χ0v) is 14.8. The van der Waals surface area contributed by atoms with Crippen LogP contribution in [0.15, 0.2) is 59.8 Å². The fourth-order valence-electron chi connectivity index (χ4n) is 4.31. The number of aromatic nitrogens is 1. The lowest BCUT2D eigenvalue weighted by atomic mass is 9.77. The van der Waals surface area contributed by atoms with Gasteiger partial charge in [-0.3, -0.25) is 4.79 Å². The van der Waals surface area contributed by atoms with Crippen LogP contribution in [0, 0.1) is 5.92 Å². The number of carbonyl (C=O) groups excluding carboxylic acids is 1. The molecule has 5 rings (SSSR count). The van der Waals surface area contributed by atoms with E-state index < -0.39 is 0 Å². The van der Waals surface area contributed by atoms with Crippen molar-refractivity contribution in [1.29, 1.82) is 0 Å². The summed E-state index contributed by atoms with van der Waals surface area (Å²) in [6.07, 6.45) is 5.56. The Labute approximate surface area is 157 Å². The summed E-state index contributed by atoms with van der Waals surface area (Å²) in [5.41, 5.74) is 13.8. The SMILES string of the molecule is O=C(N/N=C/c1c[nH]c2ccccc12)C1NNC2c3ccccc3CCC12. The minimum absolute atomic E-state index is 0.106. The smallest absolute Gasteiger partial charge is 0.258 e. The van der Waals surface area contributed by atoms with Gasteiger partial charge in [0, 0.05) is 28.6 Å². The van der Waals surface area contributed by atoms with Crippen LogP contribution < -0.4 is 16.3 Å². The average Bonchev–Trinajstić information content (AvgIpc) is 3.32. The monoisotopic (exact) mass is 359 g/mol. The van der Waals surface area contributed by atoms with E-state index in [1.165, 1.54) is 11.1 Å². The van der Waals surface area contributed by atoms with E-state index in [-0.39, 0.29) is 23.9 Å². The number of nitrogens with zero attached hydrogens (tertiary/aromatic N) is 1. The molecule has 6 heteroatoms. The second-order valence-electron chi connectivity index (χ2n) is 7.17. The van der Waals surface area contributed by atoms with Crippen molar-refractivity contribution in [3.05, 3.63) is 71.4 Å². The van der Waals surface area contributed by atoms with Gasteiger partial charge in [0.05, 0.1) is 12.3 Å². The molecule has 1 aliphatic heterocycles. The van der Waals surface area contributed by atoms with Crippen molar-refractivity contribution in [2.45, 2.75) is 24.9 Å². The molecule has 2 heterocycles. The van der Waals surface area contributed by atoms with Gasteiger partial charge in [-0.05, 0) is 30.0 Å². The lowest BCUT2D eigenvalue weighted by Gasteiger charge is -2.29. The molecule has 1 amide bonds. The highest BCUT2D eigenvalue weighted by Gasteiger charge is 2.43. The van der Waals surface area contributed by atoms with Gasteiger partial charge >= 0.3 is 0 Å². The second kappa shape index (κ2) is 6.64. The molecule has 4 N–H and O–H groups in total. The van der Waals surface area contributed by atoms with Crippen molar-refractivity contribution in [2.24, 2.45) is 11.0 Å². The molecule has 27 heavy (non-hydrogen) atoms. The van der Waals surface area contributed by atoms with Crippen LogP contribution in [0.4, 0.5) is 0 Å². The molecule has 2 aromatic carbocycles. The maximum Gasteiger partial charge on any atom is 0.258 e. The number of hydrogen-bond acceptors (Lipinski definition) is 4. The Morgan fingerprint density at radius 2 is 1.96 bits per heavy atom. The molecule has 2 aliphatic rings. The zero-order valence-electron chi connectivity index (χ0n) is 14.8. The number of nitrogens with one attached hydrogen (secondary N) is 4. The van der Waals surface area contributed by atoms with E-state index in [2.05, 4.69) is 50.6 Å². The fraction of sp³-hybridized carbons (Fsp3) is 0.238. The molecule has 0 saturated carbocycles. The summed E-state index contributed by atoms with van der Waals surface area (Å²) >= 11 is 0. The predicted octanol–water partition coefficient (Wildman–Crippen LogP) is 2.40. The number of hydrazone groups is 1. The van der Waals surface area contributed by atoms with E-state index in [1.807, 2.05) is 30.5 Å². The summed E-state index contributed by atoms with van der Waals surface area (Å²) in [6, 6.07) is 16.4. The first-order chi connectivity index (χ1) is 13.3. The molecular formula is C21H21N5O. The molecule has 0 bridgehead atoms. The molecule has 3 atom stereocenters. The molecule has 6 nitrogen and oxygen atoms in total.